The molecule has 138 valence electrons. The van der Waals surface area contributed by atoms with Gasteiger partial charge >= 0.3 is 0 Å². The van der Waals surface area contributed by atoms with E-state index >= 15 is 0 Å². The van der Waals surface area contributed by atoms with E-state index in [9.17, 15) is 9.59 Å². The minimum atomic E-state index is -0.352. The molecule has 2 aliphatic rings. The van der Waals surface area contributed by atoms with Crippen LogP contribution in [0.4, 0.5) is 5.95 Å². The van der Waals surface area contributed by atoms with E-state index in [1.54, 1.807) is 12.0 Å². The summed E-state index contributed by atoms with van der Waals surface area (Å²) < 4.78 is 6.55. The zero-order valence-electron chi connectivity index (χ0n) is 14.6. The molecule has 0 bridgehead atoms. The van der Waals surface area contributed by atoms with Crippen molar-refractivity contribution in [3.05, 3.63) is 0 Å². The molecule has 1 aliphatic carbocycles. The number of anilines is 1. The standard InChI is InChI=1S/C15H25N7O3/c1-25-11-15(4-2-5-15)13(24)21-7-3-6-20(8-9-21)12(23)10-22-14(16)17-18-19-22/h2-11H2,1H3,(H2,16,17,19). The van der Waals surface area contributed by atoms with Crippen LogP contribution in [0.15, 0.2) is 0 Å². The molecule has 0 unspecified atom stereocenters. The quantitative estimate of drug-likeness (QED) is 0.732. The summed E-state index contributed by atoms with van der Waals surface area (Å²) in [5.74, 6) is 0.189. The molecule has 2 amide bonds. The third kappa shape index (κ3) is 3.58. The van der Waals surface area contributed by atoms with Crippen molar-refractivity contribution in [1.82, 2.24) is 30.0 Å². The fourth-order valence-corrected chi connectivity index (χ4v) is 3.56. The van der Waals surface area contributed by atoms with Gasteiger partial charge in [0, 0.05) is 33.3 Å². The van der Waals surface area contributed by atoms with Crippen LogP contribution in [0.5, 0.6) is 0 Å². The van der Waals surface area contributed by atoms with Gasteiger partial charge in [-0.2, -0.15) is 0 Å². The number of methoxy groups -OCH3 is 1. The van der Waals surface area contributed by atoms with Crippen molar-refractivity contribution in [2.45, 2.75) is 32.2 Å². The Bertz CT molecular complexity index is 628. The summed E-state index contributed by atoms with van der Waals surface area (Å²) in [5.41, 5.74) is 5.25. The van der Waals surface area contributed by atoms with E-state index in [4.69, 9.17) is 10.5 Å². The van der Waals surface area contributed by atoms with Gasteiger partial charge in [-0.25, -0.2) is 4.68 Å². The summed E-state index contributed by atoms with van der Waals surface area (Å²) in [6.07, 6.45) is 3.60. The van der Waals surface area contributed by atoms with E-state index in [0.29, 0.717) is 32.8 Å². The first kappa shape index (κ1) is 17.6. The van der Waals surface area contributed by atoms with E-state index in [1.807, 2.05) is 4.90 Å². The van der Waals surface area contributed by atoms with Gasteiger partial charge in [-0.1, -0.05) is 11.5 Å². The summed E-state index contributed by atoms with van der Waals surface area (Å²) in [7, 11) is 1.64. The van der Waals surface area contributed by atoms with Crippen LogP contribution in [0.1, 0.15) is 25.7 Å². The molecule has 1 aromatic rings. The van der Waals surface area contributed by atoms with Gasteiger partial charge in [0.25, 0.3) is 0 Å². The van der Waals surface area contributed by atoms with Crippen LogP contribution in [0.25, 0.3) is 0 Å². The number of nitrogens with two attached hydrogens (primary N) is 1. The van der Waals surface area contributed by atoms with Crippen molar-refractivity contribution < 1.29 is 14.3 Å². The Balaban J connectivity index is 1.57. The molecule has 2 N–H and O–H groups in total. The molecule has 3 rings (SSSR count). The first-order valence-electron chi connectivity index (χ1n) is 8.63. The predicted octanol–water partition coefficient (Wildman–Crippen LogP) is -0.867. The molecule has 2 fully saturated rings. The molecule has 1 aliphatic heterocycles. The summed E-state index contributed by atoms with van der Waals surface area (Å²) >= 11 is 0. The van der Waals surface area contributed by atoms with Crippen LogP contribution >= 0.6 is 0 Å². The molecule has 1 saturated carbocycles. The largest absolute Gasteiger partial charge is 0.384 e. The van der Waals surface area contributed by atoms with Crippen LogP contribution in [-0.2, 0) is 20.9 Å². The average molecular weight is 351 g/mol. The Morgan fingerprint density at radius 3 is 2.48 bits per heavy atom. The molecule has 10 nitrogen and oxygen atoms in total. The number of carbonyl (C=O) groups excluding carboxylic acids is 2. The maximum atomic E-state index is 12.9. The van der Waals surface area contributed by atoms with Gasteiger partial charge in [-0.05, 0) is 29.7 Å². The SMILES string of the molecule is COCC1(C(=O)N2CCCN(C(=O)Cn3nnnc3N)CC2)CCC1. The number of hydrogen-bond donors (Lipinski definition) is 1. The summed E-state index contributed by atoms with van der Waals surface area (Å²) in [5, 5.41) is 10.7. The number of ether oxygens (including phenoxy) is 1. The van der Waals surface area contributed by atoms with E-state index in [2.05, 4.69) is 15.5 Å². The first-order valence-corrected chi connectivity index (χ1v) is 8.63. The van der Waals surface area contributed by atoms with Crippen molar-refractivity contribution >= 4 is 17.8 Å². The normalized spacial score (nSPS) is 20.0. The highest BCUT2D eigenvalue weighted by Gasteiger charge is 2.46. The summed E-state index contributed by atoms with van der Waals surface area (Å²) in [6, 6.07) is 0. The Labute approximate surface area is 146 Å². The van der Waals surface area contributed by atoms with Crippen molar-refractivity contribution in [2.75, 3.05) is 45.6 Å². The van der Waals surface area contributed by atoms with Crippen LogP contribution in [0.2, 0.25) is 0 Å². The molecule has 0 spiro atoms. The topological polar surface area (TPSA) is 119 Å². The zero-order chi connectivity index (χ0) is 17.9. The Morgan fingerprint density at radius 2 is 1.88 bits per heavy atom. The second kappa shape index (κ2) is 7.34. The van der Waals surface area contributed by atoms with E-state index < -0.39 is 0 Å². The van der Waals surface area contributed by atoms with Gasteiger partial charge < -0.3 is 20.3 Å². The molecule has 25 heavy (non-hydrogen) atoms. The van der Waals surface area contributed by atoms with Crippen LogP contribution in [0.3, 0.4) is 0 Å². The monoisotopic (exact) mass is 351 g/mol. The second-order valence-electron chi connectivity index (χ2n) is 6.79. The van der Waals surface area contributed by atoms with Crippen molar-refractivity contribution in [3.8, 4) is 0 Å². The molecular weight excluding hydrogens is 326 g/mol. The summed E-state index contributed by atoms with van der Waals surface area (Å²) in [6.45, 7) is 2.82. The van der Waals surface area contributed by atoms with Gasteiger partial charge in [0.15, 0.2) is 0 Å². The average Bonchev–Trinajstić information content (AvgIpc) is 2.83. The van der Waals surface area contributed by atoms with Gasteiger partial charge in [0.05, 0.1) is 12.0 Å². The number of nitrogen functional groups attached to an aromatic ring is 1. The fraction of sp³-hybridized carbons (Fsp3) is 0.800. The number of nitrogens with zero attached hydrogens (tertiary/aromatic N) is 6. The highest BCUT2D eigenvalue weighted by molar-refractivity contribution is 5.84. The van der Waals surface area contributed by atoms with Gasteiger partial charge in [0.1, 0.15) is 6.54 Å². The first-order chi connectivity index (χ1) is 12.1. The molecule has 0 aromatic carbocycles. The maximum absolute atomic E-state index is 12.9. The van der Waals surface area contributed by atoms with E-state index in [1.165, 1.54) is 4.68 Å². The Hall–Kier alpha value is -2.23. The number of hydrogen-bond acceptors (Lipinski definition) is 7. The van der Waals surface area contributed by atoms with E-state index in [-0.39, 0.29) is 29.7 Å². The maximum Gasteiger partial charge on any atom is 0.244 e. The van der Waals surface area contributed by atoms with Gasteiger partial charge in [-0.3, -0.25) is 9.59 Å². The fourth-order valence-electron chi connectivity index (χ4n) is 3.56. The number of amides is 2. The summed E-state index contributed by atoms with van der Waals surface area (Å²) in [4.78, 5) is 29.0. The van der Waals surface area contributed by atoms with Gasteiger partial charge in [0.2, 0.25) is 17.8 Å². The van der Waals surface area contributed by atoms with Crippen molar-refractivity contribution in [3.63, 3.8) is 0 Å². The van der Waals surface area contributed by atoms with Crippen LogP contribution < -0.4 is 5.73 Å². The highest BCUT2D eigenvalue weighted by Crippen LogP contribution is 2.42. The molecule has 0 atom stereocenters. The van der Waals surface area contributed by atoms with Gasteiger partial charge in [-0.15, -0.1) is 0 Å². The minimum Gasteiger partial charge on any atom is -0.384 e. The molecule has 10 heteroatoms. The lowest BCUT2D eigenvalue weighted by atomic mass is 9.68. The molecule has 1 aromatic heterocycles. The van der Waals surface area contributed by atoms with Crippen LogP contribution in [-0.4, -0.2) is 81.7 Å². The minimum absolute atomic E-state index is 0.0143. The predicted molar refractivity (Wildman–Crippen MR) is 88.2 cm³/mol. The molecule has 2 heterocycles. The molecule has 1 saturated heterocycles. The van der Waals surface area contributed by atoms with Crippen molar-refractivity contribution in [2.24, 2.45) is 5.41 Å². The number of rotatable bonds is 5. The number of aromatic nitrogens is 4. The highest BCUT2D eigenvalue weighted by atomic mass is 16.5. The van der Waals surface area contributed by atoms with Crippen LogP contribution in [0, 0.1) is 5.41 Å². The lowest BCUT2D eigenvalue weighted by Crippen LogP contribution is -2.51. The molecular formula is C15H25N7O3. The number of carbonyl (C=O) groups is 2. The zero-order valence-corrected chi connectivity index (χ0v) is 14.6. The smallest absolute Gasteiger partial charge is 0.244 e. The Morgan fingerprint density at radius 1 is 1.16 bits per heavy atom. The lowest BCUT2D eigenvalue weighted by Gasteiger charge is -2.42. The molecule has 0 radical (unpaired) electrons. The third-order valence-electron chi connectivity index (χ3n) is 5.17. The number of tetrazole rings is 1. The third-order valence-corrected chi connectivity index (χ3v) is 5.17. The Kier molecular flexibility index (Phi) is 5.16. The van der Waals surface area contributed by atoms with Crippen molar-refractivity contribution in [1.29, 1.82) is 0 Å². The lowest BCUT2D eigenvalue weighted by molar-refractivity contribution is -0.152. The second-order valence-corrected chi connectivity index (χ2v) is 6.79. The van der Waals surface area contributed by atoms with E-state index in [0.717, 1.165) is 25.7 Å².